The van der Waals surface area contributed by atoms with E-state index in [1.54, 1.807) is 36.4 Å². The Bertz CT molecular complexity index is 1900. The Kier molecular flexibility index (Phi) is 16.1. The van der Waals surface area contributed by atoms with Crippen LogP contribution in [-0.4, -0.2) is 74.1 Å². The van der Waals surface area contributed by atoms with Crippen molar-refractivity contribution in [3.05, 3.63) is 82.0 Å². The van der Waals surface area contributed by atoms with E-state index < -0.39 is 37.4 Å². The van der Waals surface area contributed by atoms with Crippen molar-refractivity contribution in [1.29, 1.82) is 0 Å². The third-order valence-corrected chi connectivity index (χ3v) is 10.4. The maximum absolute atomic E-state index is 13.2. The number of sulfonamides is 1. The summed E-state index contributed by atoms with van der Waals surface area (Å²) in [7, 11) is -6.84. The van der Waals surface area contributed by atoms with Crippen LogP contribution in [0.5, 0.6) is 5.75 Å². The minimum atomic E-state index is -4.37. The maximum atomic E-state index is 13.2. The van der Waals surface area contributed by atoms with E-state index in [4.69, 9.17) is 4.42 Å². The number of unbranched alkanes of at least 4 members (excludes halogenated alkanes) is 3. The number of anilines is 1. The molecule has 4 rings (SSSR count). The summed E-state index contributed by atoms with van der Waals surface area (Å²) in [4.78, 5) is 42.6. The van der Waals surface area contributed by atoms with Gasteiger partial charge in [0.05, 0.1) is 21.4 Å². The number of hydrogen-bond donors (Lipinski definition) is 3. The van der Waals surface area contributed by atoms with Gasteiger partial charge in [-0.25, -0.2) is 18.2 Å². The molecule has 0 aliphatic heterocycles. The fourth-order valence-electron chi connectivity index (χ4n) is 5.62. The van der Waals surface area contributed by atoms with E-state index in [0.717, 1.165) is 25.7 Å². The van der Waals surface area contributed by atoms with Gasteiger partial charge in [0, 0.05) is 63.3 Å². The fraction of sp³-hybridized carbons (Fsp3) is 0.471. The number of nitrogens with one attached hydrogen (secondary N) is 2. The number of aromatic hydroxyl groups is 1. The molecule has 1 aliphatic carbocycles. The molecule has 1 aromatic carbocycles. The van der Waals surface area contributed by atoms with Crippen LogP contribution in [0.4, 0.5) is 5.69 Å². The van der Waals surface area contributed by atoms with E-state index in [2.05, 4.69) is 15.0 Å². The van der Waals surface area contributed by atoms with Crippen molar-refractivity contribution in [2.75, 3.05) is 30.6 Å². The van der Waals surface area contributed by atoms with Crippen LogP contribution in [0.25, 0.3) is 0 Å². The van der Waals surface area contributed by atoms with Gasteiger partial charge in [-0.3, -0.25) is 14.3 Å². The van der Waals surface area contributed by atoms with Gasteiger partial charge >= 0.3 is 35.2 Å². The molecule has 1 aliphatic rings. The van der Waals surface area contributed by atoms with Crippen LogP contribution in [0.1, 0.15) is 80.6 Å². The Labute approximate surface area is 320 Å². The Balaban J connectivity index is 0.00000702. The van der Waals surface area contributed by atoms with E-state index in [-0.39, 0.29) is 82.4 Å². The van der Waals surface area contributed by atoms with Crippen molar-refractivity contribution >= 4 is 37.6 Å². The molecule has 0 saturated heterocycles. The molecule has 0 radical (unpaired) electrons. The normalized spacial score (nSPS) is 13.5. The van der Waals surface area contributed by atoms with Crippen molar-refractivity contribution in [3.8, 4) is 5.75 Å². The molecule has 2 amide bonds. The third-order valence-electron chi connectivity index (χ3n) is 8.40. The molecule has 0 bridgehead atoms. The first-order valence-electron chi connectivity index (χ1n) is 16.6. The first kappa shape index (κ1) is 42.1. The van der Waals surface area contributed by atoms with Gasteiger partial charge in [-0.15, -0.1) is 0 Å². The van der Waals surface area contributed by atoms with Crippen LogP contribution >= 0.6 is 0 Å². The van der Waals surface area contributed by atoms with Gasteiger partial charge in [0.15, 0.2) is 5.03 Å². The van der Waals surface area contributed by atoms with Gasteiger partial charge in [0.2, 0.25) is 11.8 Å². The van der Waals surface area contributed by atoms with Gasteiger partial charge in [-0.2, -0.15) is 8.42 Å². The van der Waals surface area contributed by atoms with E-state index in [1.165, 1.54) is 30.3 Å². The summed E-state index contributed by atoms with van der Waals surface area (Å²) in [5, 5.41) is 13.7. The van der Waals surface area contributed by atoms with Crippen molar-refractivity contribution in [2.45, 2.75) is 75.2 Å². The van der Waals surface area contributed by atoms with Gasteiger partial charge in [0.1, 0.15) is 11.5 Å². The molecule has 3 N–H and O–H groups in total. The number of pyridine rings is 1. The first-order valence-corrected chi connectivity index (χ1v) is 19.6. The Morgan fingerprint density at radius 3 is 2.39 bits per heavy atom. The standard InChI is InChI=1S/C34H44N4O10S2.Na/c1-38(20-21-49(43,44)45)31(41)15-5-3-2-4-13-29(40)35-19-9-12-27-23-28(39)33(34(42)48-27)32(24-16-17-24)25-10-8-11-26(22-25)37-50(46,47)30-14-6-7-18-36-30;/h6-8,10-11,14,18,22-24,32,37,39H,2-5,9,12-13,15-17,19-21H2,1H3,(H,35,40)(H,43,44,45);/q;+1/p-1. The molecule has 1 atom stereocenters. The number of carbonyl (C=O) groups excluding carboxylic acids is 2. The molecule has 1 unspecified atom stereocenters. The van der Waals surface area contributed by atoms with Gasteiger partial charge in [-0.05, 0) is 67.9 Å². The van der Waals surface area contributed by atoms with E-state index in [1.807, 2.05) is 0 Å². The predicted octanol–water partition coefficient (Wildman–Crippen LogP) is 0.480. The zero-order valence-corrected chi connectivity index (χ0v) is 32.5. The molecule has 1 saturated carbocycles. The topological polar surface area (TPSA) is 216 Å². The van der Waals surface area contributed by atoms with E-state index in [9.17, 15) is 40.9 Å². The minimum Gasteiger partial charge on any atom is -0.748 e. The number of benzene rings is 1. The Morgan fingerprint density at radius 1 is 1.02 bits per heavy atom. The molecule has 17 heteroatoms. The van der Waals surface area contributed by atoms with Crippen LogP contribution in [0, 0.1) is 5.92 Å². The van der Waals surface area contributed by atoms with Gasteiger partial charge < -0.3 is 24.3 Å². The molecule has 51 heavy (non-hydrogen) atoms. The fourth-order valence-corrected chi connectivity index (χ4v) is 7.12. The second-order valence-electron chi connectivity index (χ2n) is 12.5. The molecular formula is C34H43N4NaO10S2. The average molecular weight is 755 g/mol. The minimum absolute atomic E-state index is 0. The monoisotopic (exact) mass is 754 g/mol. The molecule has 272 valence electrons. The van der Waals surface area contributed by atoms with Crippen molar-refractivity contribution in [2.24, 2.45) is 5.92 Å². The molecule has 0 spiro atoms. The number of hydrogen-bond acceptors (Lipinski definition) is 11. The second kappa shape index (κ2) is 19.5. The zero-order chi connectivity index (χ0) is 36.3. The van der Waals surface area contributed by atoms with Crippen molar-refractivity contribution in [3.63, 3.8) is 0 Å². The SMILES string of the molecule is CN(CCS(=O)(=O)[O-])C(=O)CCCCCCC(=O)NCCCc1cc(O)c(C(c2cccc(NS(=O)(=O)c3ccccn3)c2)C2CC2)c(=O)o1.[Na+]. The smallest absolute Gasteiger partial charge is 0.748 e. The molecule has 1 fully saturated rings. The summed E-state index contributed by atoms with van der Waals surface area (Å²) in [6, 6.07) is 12.7. The first-order chi connectivity index (χ1) is 23.7. The third kappa shape index (κ3) is 13.7. The van der Waals surface area contributed by atoms with Crippen LogP contribution in [0.2, 0.25) is 0 Å². The summed E-state index contributed by atoms with van der Waals surface area (Å²) < 4.78 is 65.9. The van der Waals surface area contributed by atoms with Crippen LogP contribution < -0.4 is 45.2 Å². The maximum Gasteiger partial charge on any atom is 1.00 e. The molecule has 2 heterocycles. The number of rotatable bonds is 20. The summed E-state index contributed by atoms with van der Waals surface area (Å²) in [6.07, 6.45) is 7.09. The van der Waals surface area contributed by atoms with Gasteiger partial charge in [0.25, 0.3) is 10.0 Å². The quantitative estimate of drug-likeness (QED) is 0.0819. The van der Waals surface area contributed by atoms with Gasteiger partial charge in [-0.1, -0.05) is 31.0 Å². The summed E-state index contributed by atoms with van der Waals surface area (Å²) >= 11 is 0. The second-order valence-corrected chi connectivity index (χ2v) is 15.6. The summed E-state index contributed by atoms with van der Waals surface area (Å²) in [6.45, 7) is 0.209. The number of amides is 2. The Hall–Kier alpha value is -3.28. The molecular weight excluding hydrogens is 712 g/mol. The number of nitrogens with zero attached hydrogens (tertiary/aromatic N) is 2. The molecule has 14 nitrogen and oxygen atoms in total. The summed E-state index contributed by atoms with van der Waals surface area (Å²) in [5.74, 6) is -1.29. The average Bonchev–Trinajstić information content (AvgIpc) is 3.90. The predicted molar refractivity (Wildman–Crippen MR) is 184 cm³/mol. The zero-order valence-electron chi connectivity index (χ0n) is 28.9. The van der Waals surface area contributed by atoms with Crippen molar-refractivity contribution < 1.29 is 70.1 Å². The molecule has 2 aromatic heterocycles. The van der Waals surface area contributed by atoms with E-state index >= 15 is 0 Å². The number of carbonyl (C=O) groups is 2. The summed E-state index contributed by atoms with van der Waals surface area (Å²) in [5.41, 5.74) is 0.428. The number of aromatic nitrogens is 1. The van der Waals surface area contributed by atoms with Crippen LogP contribution in [0.15, 0.2) is 69.0 Å². The molecule has 3 aromatic rings. The Morgan fingerprint density at radius 2 is 1.75 bits per heavy atom. The largest absolute Gasteiger partial charge is 1.00 e. The van der Waals surface area contributed by atoms with Crippen molar-refractivity contribution in [1.82, 2.24) is 15.2 Å². The number of aryl methyl sites for hydroxylation is 1. The van der Waals surface area contributed by atoms with Crippen LogP contribution in [0.3, 0.4) is 0 Å². The van der Waals surface area contributed by atoms with Crippen LogP contribution in [-0.2, 0) is 36.2 Å². The van der Waals surface area contributed by atoms with E-state index in [0.29, 0.717) is 49.9 Å².